The number of ether oxygens (including phenoxy) is 3. The quantitative estimate of drug-likeness (QED) is 0.615. The maximum atomic E-state index is 14.1. The minimum Gasteiger partial charge on any atom is -0.364 e. The third-order valence-electron chi connectivity index (χ3n) is 3.66. The molecule has 2 saturated heterocycles. The Morgan fingerprint density at radius 1 is 1.04 bits per heavy atom. The van der Waals surface area contributed by atoms with Gasteiger partial charge >= 0.3 is 5.38 Å². The number of hydrogen-bond donors (Lipinski definition) is 0. The van der Waals surface area contributed by atoms with E-state index in [2.05, 4.69) is 0 Å². The van der Waals surface area contributed by atoms with Gasteiger partial charge in [0.05, 0.1) is 6.61 Å². The first-order chi connectivity index (χ1) is 11.2. The standard InChI is InChI=1S/C14H12Cl4F2O3S/c15-13(16,17)12-22-8-6-21-11(24-7-4-2-1-3-5-7)9(10(8)23-12)14(18,19)20/h1-5,8-12H,6H2/t8-,9+,10-,11+,12+/m1/s1. The lowest BCUT2D eigenvalue weighted by atomic mass is 9.96. The monoisotopic (exact) mass is 438 g/mol. The molecule has 2 fully saturated rings. The molecule has 1 aromatic rings. The fourth-order valence-electron chi connectivity index (χ4n) is 2.63. The maximum Gasteiger partial charge on any atom is 0.330 e. The molecular weight excluding hydrogens is 428 g/mol. The summed E-state index contributed by atoms with van der Waals surface area (Å²) in [5.74, 6) is -1.47. The van der Waals surface area contributed by atoms with Crippen molar-refractivity contribution in [2.75, 3.05) is 6.61 Å². The van der Waals surface area contributed by atoms with Gasteiger partial charge in [0.15, 0.2) is 0 Å². The molecule has 2 heterocycles. The molecule has 0 amide bonds. The lowest BCUT2D eigenvalue weighted by Crippen LogP contribution is -2.52. The number of thioether (sulfide) groups is 1. The van der Waals surface area contributed by atoms with Crippen LogP contribution in [0.2, 0.25) is 0 Å². The van der Waals surface area contributed by atoms with Crippen LogP contribution in [0.1, 0.15) is 0 Å². The summed E-state index contributed by atoms with van der Waals surface area (Å²) in [4.78, 5) is 0.767. The average Bonchev–Trinajstić information content (AvgIpc) is 2.90. The van der Waals surface area contributed by atoms with Crippen molar-refractivity contribution in [3.63, 3.8) is 0 Å². The molecular formula is C14H12Cl4F2O3S. The van der Waals surface area contributed by atoms with Gasteiger partial charge in [-0.3, -0.25) is 0 Å². The van der Waals surface area contributed by atoms with E-state index in [9.17, 15) is 8.78 Å². The first-order valence-corrected chi connectivity index (χ1v) is 9.33. The van der Waals surface area contributed by atoms with E-state index in [4.69, 9.17) is 60.6 Å². The van der Waals surface area contributed by atoms with Gasteiger partial charge in [0, 0.05) is 4.90 Å². The van der Waals surface area contributed by atoms with Gasteiger partial charge in [-0.1, -0.05) is 64.8 Å². The highest BCUT2D eigenvalue weighted by atomic mass is 35.6. The molecule has 5 atom stereocenters. The van der Waals surface area contributed by atoms with Crippen LogP contribution in [0.25, 0.3) is 0 Å². The van der Waals surface area contributed by atoms with E-state index < -0.39 is 39.0 Å². The molecule has 0 N–H and O–H groups in total. The third-order valence-corrected chi connectivity index (χ3v) is 5.65. The minimum atomic E-state index is -3.58. The summed E-state index contributed by atoms with van der Waals surface area (Å²) in [5.41, 5.74) is -0.932. The zero-order valence-corrected chi connectivity index (χ0v) is 15.7. The number of rotatable bonds is 3. The van der Waals surface area contributed by atoms with Crippen LogP contribution in [0.5, 0.6) is 0 Å². The molecule has 0 spiro atoms. The van der Waals surface area contributed by atoms with E-state index >= 15 is 0 Å². The van der Waals surface area contributed by atoms with Crippen LogP contribution in [-0.4, -0.2) is 39.7 Å². The Bertz CT molecular complexity index is 569. The van der Waals surface area contributed by atoms with Crippen LogP contribution in [0.15, 0.2) is 35.2 Å². The lowest BCUT2D eigenvalue weighted by molar-refractivity contribution is -0.140. The Morgan fingerprint density at radius 2 is 1.71 bits per heavy atom. The molecule has 10 heteroatoms. The first kappa shape index (κ1) is 19.2. The van der Waals surface area contributed by atoms with Crippen LogP contribution < -0.4 is 0 Å². The molecule has 0 saturated carbocycles. The largest absolute Gasteiger partial charge is 0.364 e. The number of alkyl halides is 6. The Balaban J connectivity index is 1.82. The second-order valence-electron chi connectivity index (χ2n) is 5.35. The van der Waals surface area contributed by atoms with Crippen molar-refractivity contribution >= 4 is 58.2 Å². The van der Waals surface area contributed by atoms with E-state index in [0.29, 0.717) is 0 Å². The first-order valence-electron chi connectivity index (χ1n) is 6.94. The van der Waals surface area contributed by atoms with Crippen molar-refractivity contribution in [3.8, 4) is 0 Å². The molecule has 2 aliphatic heterocycles. The molecule has 1 aromatic carbocycles. The Kier molecular flexibility index (Phi) is 5.80. The van der Waals surface area contributed by atoms with Crippen LogP contribution in [-0.2, 0) is 14.2 Å². The predicted octanol–water partition coefficient (Wildman–Crippen LogP) is 5.06. The minimum absolute atomic E-state index is 0.0376. The van der Waals surface area contributed by atoms with Gasteiger partial charge in [0.25, 0.3) is 0 Å². The van der Waals surface area contributed by atoms with Gasteiger partial charge in [-0.15, -0.1) is 0 Å². The summed E-state index contributed by atoms with van der Waals surface area (Å²) in [7, 11) is 0. The van der Waals surface area contributed by atoms with Gasteiger partial charge in [-0.25, -0.2) is 0 Å². The van der Waals surface area contributed by atoms with Gasteiger partial charge in [0.2, 0.25) is 10.1 Å². The van der Waals surface area contributed by atoms with Gasteiger partial charge in [-0.2, -0.15) is 8.78 Å². The third kappa shape index (κ3) is 4.23. The Labute approximate surface area is 161 Å². The maximum absolute atomic E-state index is 14.1. The number of benzene rings is 1. The van der Waals surface area contributed by atoms with E-state index in [1.54, 1.807) is 24.3 Å². The van der Waals surface area contributed by atoms with Crippen LogP contribution >= 0.6 is 58.2 Å². The highest BCUT2D eigenvalue weighted by Gasteiger charge is 2.60. The number of halogens is 6. The normalized spacial score (nSPS) is 34.2. The fourth-order valence-corrected chi connectivity index (χ4v) is 4.46. The van der Waals surface area contributed by atoms with E-state index in [1.807, 2.05) is 6.07 Å². The molecule has 24 heavy (non-hydrogen) atoms. The second-order valence-corrected chi connectivity index (χ2v) is 9.39. The Morgan fingerprint density at radius 3 is 2.29 bits per heavy atom. The molecule has 2 aliphatic rings. The summed E-state index contributed by atoms with van der Waals surface area (Å²) in [6.45, 7) is 0.0376. The van der Waals surface area contributed by atoms with Crippen molar-refractivity contribution in [1.29, 1.82) is 0 Å². The van der Waals surface area contributed by atoms with Crippen molar-refractivity contribution in [1.82, 2.24) is 0 Å². The second kappa shape index (κ2) is 7.24. The molecule has 0 unspecified atom stereocenters. The predicted molar refractivity (Wildman–Crippen MR) is 90.2 cm³/mol. The van der Waals surface area contributed by atoms with Crippen LogP contribution in [0.4, 0.5) is 8.78 Å². The van der Waals surface area contributed by atoms with E-state index in [1.165, 1.54) is 0 Å². The number of fused-ring (bicyclic) bond motifs is 1. The number of hydrogen-bond acceptors (Lipinski definition) is 4. The highest BCUT2D eigenvalue weighted by Crippen LogP contribution is 2.50. The smallest absolute Gasteiger partial charge is 0.330 e. The summed E-state index contributed by atoms with van der Waals surface area (Å²) in [5, 5.41) is -3.58. The molecule has 0 radical (unpaired) electrons. The van der Waals surface area contributed by atoms with E-state index in [-0.39, 0.29) is 6.61 Å². The summed E-state index contributed by atoms with van der Waals surface area (Å²) >= 11 is 23.7. The molecule has 134 valence electrons. The van der Waals surface area contributed by atoms with Crippen molar-refractivity contribution in [3.05, 3.63) is 30.3 Å². The van der Waals surface area contributed by atoms with Gasteiger partial charge < -0.3 is 14.2 Å². The molecule has 0 bridgehead atoms. The van der Waals surface area contributed by atoms with Crippen molar-refractivity contribution in [2.24, 2.45) is 5.92 Å². The topological polar surface area (TPSA) is 27.7 Å². The van der Waals surface area contributed by atoms with E-state index in [0.717, 1.165) is 16.7 Å². The van der Waals surface area contributed by atoms with Crippen LogP contribution in [0, 0.1) is 5.92 Å². The molecule has 3 rings (SSSR count). The average molecular weight is 440 g/mol. The SMILES string of the molecule is FC(F)(Cl)[C@H]1[C@@H]2O[C@@H](C(Cl)(Cl)Cl)O[C@@H]2CO[C@H]1Sc1ccccc1. The van der Waals surface area contributed by atoms with Gasteiger partial charge in [0.1, 0.15) is 23.6 Å². The van der Waals surface area contributed by atoms with Crippen molar-refractivity contribution < 1.29 is 23.0 Å². The summed E-state index contributed by atoms with van der Waals surface area (Å²) in [6, 6.07) is 9.01. The zero-order valence-electron chi connectivity index (χ0n) is 11.9. The summed E-state index contributed by atoms with van der Waals surface area (Å²) in [6.07, 6.45) is -3.09. The van der Waals surface area contributed by atoms with Gasteiger partial charge in [-0.05, 0) is 23.7 Å². The van der Waals surface area contributed by atoms with Crippen LogP contribution in [0.3, 0.4) is 0 Å². The fraction of sp³-hybridized carbons (Fsp3) is 0.571. The molecule has 0 aliphatic carbocycles. The molecule has 0 aromatic heterocycles. The zero-order chi connectivity index (χ0) is 17.5. The van der Waals surface area contributed by atoms with Crippen molar-refractivity contribution in [2.45, 2.75) is 38.0 Å². The molecule has 3 nitrogen and oxygen atoms in total. The Hall–Kier alpha value is 0.470. The summed E-state index contributed by atoms with van der Waals surface area (Å²) < 4.78 is 42.7. The highest BCUT2D eigenvalue weighted by molar-refractivity contribution is 7.99. The lowest BCUT2D eigenvalue weighted by Gasteiger charge is -2.39.